The fraction of sp³-hybridized carbons (Fsp3) is 0.550. The Bertz CT molecular complexity index is 910. The van der Waals surface area contributed by atoms with E-state index in [0.29, 0.717) is 12.3 Å². The zero-order valence-electron chi connectivity index (χ0n) is 16.8. The summed E-state index contributed by atoms with van der Waals surface area (Å²) in [5, 5.41) is 0.729. The first kappa shape index (κ1) is 21.4. The predicted molar refractivity (Wildman–Crippen MR) is 115 cm³/mol. The number of nitrogens with zero attached hydrogens (tertiary/aromatic N) is 2. The molecule has 152 valence electrons. The Morgan fingerprint density at radius 1 is 1.32 bits per heavy atom. The lowest BCUT2D eigenvalue weighted by Crippen LogP contribution is -2.19. The summed E-state index contributed by atoms with van der Waals surface area (Å²) in [5.74, 6) is 1.67. The van der Waals surface area contributed by atoms with Crippen molar-refractivity contribution in [3.8, 4) is 0 Å². The maximum Gasteiger partial charge on any atom is 0.259 e. The lowest BCUT2D eigenvalue weighted by atomic mass is 9.87. The summed E-state index contributed by atoms with van der Waals surface area (Å²) in [5.41, 5.74) is 3.60. The van der Waals surface area contributed by atoms with Crippen LogP contribution in [0.15, 0.2) is 24.3 Å². The van der Waals surface area contributed by atoms with Crippen LogP contribution in [0.25, 0.3) is 0 Å². The molecular formula is C20H28BClN2O3S. The molecule has 1 aliphatic carbocycles. The van der Waals surface area contributed by atoms with Gasteiger partial charge in [-0.1, -0.05) is 37.6 Å². The van der Waals surface area contributed by atoms with Crippen molar-refractivity contribution in [3.63, 3.8) is 0 Å². The summed E-state index contributed by atoms with van der Waals surface area (Å²) >= 11 is 6.04. The van der Waals surface area contributed by atoms with Crippen LogP contribution in [0.4, 0.5) is 0 Å². The number of imidazole rings is 1. The van der Waals surface area contributed by atoms with E-state index in [9.17, 15) is 8.42 Å². The van der Waals surface area contributed by atoms with Crippen molar-refractivity contribution in [2.24, 2.45) is 0 Å². The van der Waals surface area contributed by atoms with E-state index in [1.165, 1.54) is 11.3 Å². The van der Waals surface area contributed by atoms with Crippen LogP contribution in [-0.2, 0) is 27.3 Å². The van der Waals surface area contributed by atoms with Gasteiger partial charge in [-0.25, -0.2) is 13.4 Å². The molecule has 0 bridgehead atoms. The van der Waals surface area contributed by atoms with Gasteiger partial charge in [-0.05, 0) is 43.4 Å². The second-order valence-electron chi connectivity index (χ2n) is 7.72. The topological polar surface area (TPSA) is 61.2 Å². The summed E-state index contributed by atoms with van der Waals surface area (Å²) in [6.45, 7) is 5.30. The van der Waals surface area contributed by atoms with Crippen LogP contribution in [-0.4, -0.2) is 38.1 Å². The zero-order valence-corrected chi connectivity index (χ0v) is 18.4. The summed E-state index contributed by atoms with van der Waals surface area (Å²) in [4.78, 5) is 4.97. The molecule has 1 heterocycles. The average molecular weight is 423 g/mol. The van der Waals surface area contributed by atoms with Gasteiger partial charge in [0, 0.05) is 34.7 Å². The minimum atomic E-state index is -3.40. The number of fused-ring (bicyclic) bond motifs is 1. The molecule has 1 aromatic carbocycles. The number of halogens is 1. The third-order valence-corrected chi connectivity index (χ3v) is 6.80. The lowest BCUT2D eigenvalue weighted by molar-refractivity contribution is 0.292. The molecule has 0 saturated carbocycles. The molecule has 0 saturated heterocycles. The fourth-order valence-corrected chi connectivity index (χ4v) is 4.53. The van der Waals surface area contributed by atoms with Crippen LogP contribution in [0.3, 0.4) is 0 Å². The van der Waals surface area contributed by atoms with Crippen molar-refractivity contribution in [3.05, 3.63) is 52.1 Å². The Labute approximate surface area is 174 Å². The van der Waals surface area contributed by atoms with Gasteiger partial charge < -0.3 is 4.57 Å². The summed E-state index contributed by atoms with van der Waals surface area (Å²) in [6, 6.07) is 7.92. The van der Waals surface area contributed by atoms with Gasteiger partial charge in [-0.15, -0.1) is 0 Å². The summed E-state index contributed by atoms with van der Waals surface area (Å²) in [7, 11) is -1.80. The molecule has 0 amide bonds. The highest BCUT2D eigenvalue weighted by molar-refractivity contribution is 7.87. The van der Waals surface area contributed by atoms with Gasteiger partial charge >= 0.3 is 0 Å². The molecule has 0 spiro atoms. The lowest BCUT2D eigenvalue weighted by Gasteiger charge is -2.25. The monoisotopic (exact) mass is 422 g/mol. The molecule has 0 N–H and O–H groups in total. The SMILES string of the molecule is BCS(=O)(=O)OCCC1CCCc2nc(C(C)C)n(Cc3ccc(Cl)cc3)c21. The zero-order chi connectivity index (χ0) is 20.3. The third-order valence-electron chi connectivity index (χ3n) is 5.32. The fourth-order valence-electron chi connectivity index (χ4n) is 3.89. The number of rotatable bonds is 8. The average Bonchev–Trinajstić information content (AvgIpc) is 3.03. The summed E-state index contributed by atoms with van der Waals surface area (Å²) < 4.78 is 30.8. The molecule has 0 radical (unpaired) electrons. The number of hydrogen-bond donors (Lipinski definition) is 0. The van der Waals surface area contributed by atoms with Crippen LogP contribution >= 0.6 is 11.6 Å². The molecular weight excluding hydrogens is 395 g/mol. The first-order valence-electron chi connectivity index (χ1n) is 10.0. The van der Waals surface area contributed by atoms with Gasteiger partial charge in [0.05, 0.1) is 12.3 Å². The normalized spacial score (nSPS) is 17.1. The second-order valence-corrected chi connectivity index (χ2v) is 10.1. The van der Waals surface area contributed by atoms with E-state index in [1.54, 1.807) is 7.85 Å². The molecule has 0 fully saturated rings. The smallest absolute Gasteiger partial charge is 0.259 e. The van der Waals surface area contributed by atoms with Crippen molar-refractivity contribution >= 4 is 29.6 Å². The van der Waals surface area contributed by atoms with Crippen molar-refractivity contribution in [2.75, 3.05) is 12.3 Å². The van der Waals surface area contributed by atoms with Crippen LogP contribution < -0.4 is 0 Å². The van der Waals surface area contributed by atoms with Gasteiger partial charge in [0.25, 0.3) is 10.1 Å². The Hall–Kier alpha value is -1.31. The first-order valence-corrected chi connectivity index (χ1v) is 12.0. The molecule has 28 heavy (non-hydrogen) atoms. The van der Waals surface area contributed by atoms with Crippen LogP contribution in [0.5, 0.6) is 0 Å². The first-order chi connectivity index (χ1) is 13.3. The molecule has 3 rings (SSSR count). The van der Waals surface area contributed by atoms with Crippen molar-refractivity contribution in [1.29, 1.82) is 0 Å². The van der Waals surface area contributed by atoms with E-state index in [-0.39, 0.29) is 18.2 Å². The molecule has 2 aromatic rings. The molecule has 8 heteroatoms. The van der Waals surface area contributed by atoms with Gasteiger partial charge in [0.15, 0.2) is 0 Å². The highest BCUT2D eigenvalue weighted by Crippen LogP contribution is 2.36. The Balaban J connectivity index is 1.88. The highest BCUT2D eigenvalue weighted by atomic mass is 35.5. The third kappa shape index (κ3) is 4.99. The second kappa shape index (κ2) is 9.01. The maximum atomic E-state index is 11.7. The van der Waals surface area contributed by atoms with E-state index in [2.05, 4.69) is 18.4 Å². The van der Waals surface area contributed by atoms with Crippen molar-refractivity contribution < 1.29 is 12.6 Å². The Kier molecular flexibility index (Phi) is 6.89. The largest absolute Gasteiger partial charge is 0.327 e. The molecule has 1 unspecified atom stereocenters. The van der Waals surface area contributed by atoms with Gasteiger partial charge in [-0.3, -0.25) is 4.18 Å². The van der Waals surface area contributed by atoms with Gasteiger partial charge in [0.1, 0.15) is 13.7 Å². The molecule has 1 aliphatic rings. The summed E-state index contributed by atoms with van der Waals surface area (Å²) in [6.07, 6.45) is 3.78. The van der Waals surface area contributed by atoms with E-state index in [4.69, 9.17) is 20.8 Å². The van der Waals surface area contributed by atoms with Crippen LogP contribution in [0, 0.1) is 0 Å². The number of hydrogen-bond acceptors (Lipinski definition) is 4. The quantitative estimate of drug-likeness (QED) is 0.483. The molecule has 5 nitrogen and oxygen atoms in total. The van der Waals surface area contributed by atoms with E-state index >= 15 is 0 Å². The Morgan fingerprint density at radius 2 is 2.04 bits per heavy atom. The standard InChI is InChI=1S/C20H28BClN2O3S/c1-14(2)20-23-18-5-3-4-16(10-11-27-28(25,26)13-21)19(18)24(20)12-15-6-8-17(22)9-7-15/h6-9,14,16H,3-5,10-13,21H2,1-2H3. The number of aromatic nitrogens is 2. The van der Waals surface area contributed by atoms with Crippen LogP contribution in [0.1, 0.15) is 67.7 Å². The van der Waals surface area contributed by atoms with Crippen molar-refractivity contribution in [2.45, 2.75) is 57.9 Å². The van der Waals surface area contributed by atoms with Gasteiger partial charge in [-0.2, -0.15) is 0 Å². The molecule has 0 aliphatic heterocycles. The Morgan fingerprint density at radius 3 is 2.68 bits per heavy atom. The minimum Gasteiger partial charge on any atom is -0.327 e. The number of benzene rings is 1. The van der Waals surface area contributed by atoms with Gasteiger partial charge in [0.2, 0.25) is 0 Å². The van der Waals surface area contributed by atoms with Crippen LogP contribution in [0.2, 0.25) is 5.02 Å². The van der Waals surface area contributed by atoms with E-state index in [1.807, 2.05) is 24.3 Å². The van der Waals surface area contributed by atoms with E-state index < -0.39 is 10.1 Å². The molecule has 1 atom stereocenters. The van der Waals surface area contributed by atoms with Crippen molar-refractivity contribution in [1.82, 2.24) is 9.55 Å². The number of aryl methyl sites for hydroxylation is 1. The highest BCUT2D eigenvalue weighted by Gasteiger charge is 2.29. The maximum absolute atomic E-state index is 11.7. The molecule has 1 aromatic heterocycles. The predicted octanol–water partition coefficient (Wildman–Crippen LogP) is 3.46. The van der Waals surface area contributed by atoms with E-state index in [0.717, 1.165) is 42.3 Å². The minimum absolute atomic E-state index is 0.00884.